The summed E-state index contributed by atoms with van der Waals surface area (Å²) in [6, 6.07) is 9.61. The molecular weight excluding hydrogens is 332 g/mol. The molecule has 0 saturated carbocycles. The lowest BCUT2D eigenvalue weighted by Crippen LogP contribution is -2.22. The Morgan fingerprint density at radius 1 is 1.17 bits per heavy atom. The molecule has 118 valence electrons. The van der Waals surface area contributed by atoms with Crippen LogP contribution in [-0.2, 0) is 4.79 Å². The third kappa shape index (κ3) is 2.82. The van der Waals surface area contributed by atoms with Gasteiger partial charge in [-0.3, -0.25) is 14.5 Å². The summed E-state index contributed by atoms with van der Waals surface area (Å²) in [5.41, 5.74) is 3.91. The molecule has 1 saturated heterocycles. The van der Waals surface area contributed by atoms with Gasteiger partial charge < -0.3 is 4.57 Å². The minimum atomic E-state index is -0.257. The van der Waals surface area contributed by atoms with Crippen molar-refractivity contribution >= 4 is 40.6 Å². The second kappa shape index (κ2) is 5.91. The monoisotopic (exact) mass is 346 g/mol. The molecule has 0 unspecified atom stereocenters. The SMILES string of the molecule is Cc1cc(/C=C2\SC(=O)N(C)C2=O)c(C)n1-c1cccc(Cl)c1. The maximum atomic E-state index is 12.0. The second-order valence-corrected chi connectivity index (χ2v) is 6.81. The first kappa shape index (κ1) is 15.9. The Morgan fingerprint density at radius 3 is 2.52 bits per heavy atom. The van der Waals surface area contributed by atoms with E-state index >= 15 is 0 Å². The van der Waals surface area contributed by atoms with Crippen LogP contribution in [0.2, 0.25) is 5.02 Å². The lowest BCUT2D eigenvalue weighted by Gasteiger charge is -2.10. The topological polar surface area (TPSA) is 42.3 Å². The molecule has 0 spiro atoms. The van der Waals surface area contributed by atoms with Crippen molar-refractivity contribution in [3.8, 4) is 5.69 Å². The average molecular weight is 347 g/mol. The van der Waals surface area contributed by atoms with Gasteiger partial charge in [-0.2, -0.15) is 0 Å². The highest BCUT2D eigenvalue weighted by atomic mass is 35.5. The quantitative estimate of drug-likeness (QED) is 0.756. The molecule has 2 aromatic rings. The molecule has 6 heteroatoms. The predicted molar refractivity (Wildman–Crippen MR) is 94.0 cm³/mol. The number of hydrogen-bond donors (Lipinski definition) is 0. The highest BCUT2D eigenvalue weighted by Gasteiger charge is 2.32. The van der Waals surface area contributed by atoms with Crippen LogP contribution in [0, 0.1) is 13.8 Å². The highest BCUT2D eigenvalue weighted by Crippen LogP contribution is 2.32. The van der Waals surface area contributed by atoms with Gasteiger partial charge in [0, 0.05) is 29.1 Å². The average Bonchev–Trinajstić information content (AvgIpc) is 2.91. The second-order valence-electron chi connectivity index (χ2n) is 5.38. The molecule has 1 fully saturated rings. The van der Waals surface area contributed by atoms with Gasteiger partial charge in [-0.25, -0.2) is 0 Å². The standard InChI is InChI=1S/C17H15ClN2O2S/c1-10-7-12(8-15-16(21)19(3)17(22)23-15)11(2)20(10)14-6-4-5-13(18)9-14/h4-9H,1-3H3/b15-8-. The van der Waals surface area contributed by atoms with Crippen LogP contribution >= 0.6 is 23.4 Å². The summed E-state index contributed by atoms with van der Waals surface area (Å²) < 4.78 is 2.08. The zero-order valence-electron chi connectivity index (χ0n) is 13.0. The van der Waals surface area contributed by atoms with E-state index in [9.17, 15) is 9.59 Å². The Bertz CT molecular complexity index is 854. The van der Waals surface area contributed by atoms with Crippen LogP contribution in [0.25, 0.3) is 11.8 Å². The van der Waals surface area contributed by atoms with Crippen molar-refractivity contribution in [2.24, 2.45) is 0 Å². The molecule has 1 aliphatic rings. The molecule has 3 rings (SSSR count). The molecule has 1 aliphatic heterocycles. The third-order valence-corrected chi connectivity index (χ3v) is 5.01. The van der Waals surface area contributed by atoms with E-state index < -0.39 is 0 Å². The van der Waals surface area contributed by atoms with E-state index in [0.717, 1.165) is 39.3 Å². The van der Waals surface area contributed by atoms with Crippen LogP contribution in [-0.4, -0.2) is 27.7 Å². The summed E-state index contributed by atoms with van der Waals surface area (Å²) in [5, 5.41) is 0.425. The molecular formula is C17H15ClN2O2S. The summed E-state index contributed by atoms with van der Waals surface area (Å²) in [5.74, 6) is -0.257. The summed E-state index contributed by atoms with van der Waals surface area (Å²) in [7, 11) is 1.49. The Labute approximate surface area is 143 Å². The van der Waals surface area contributed by atoms with Crippen LogP contribution in [0.15, 0.2) is 35.2 Å². The van der Waals surface area contributed by atoms with Crippen LogP contribution < -0.4 is 0 Å². The van der Waals surface area contributed by atoms with Gasteiger partial charge >= 0.3 is 0 Å². The van der Waals surface area contributed by atoms with E-state index in [2.05, 4.69) is 4.57 Å². The van der Waals surface area contributed by atoms with E-state index in [1.165, 1.54) is 7.05 Å². The summed E-state index contributed by atoms with van der Waals surface area (Å²) >= 11 is 7.05. The van der Waals surface area contributed by atoms with Crippen molar-refractivity contribution in [3.05, 3.63) is 57.2 Å². The number of aryl methyl sites for hydroxylation is 1. The number of imide groups is 1. The minimum absolute atomic E-state index is 0.245. The number of carbonyl (C=O) groups is 2. The van der Waals surface area contributed by atoms with Crippen molar-refractivity contribution in [2.45, 2.75) is 13.8 Å². The molecule has 23 heavy (non-hydrogen) atoms. The van der Waals surface area contributed by atoms with Crippen molar-refractivity contribution in [3.63, 3.8) is 0 Å². The van der Waals surface area contributed by atoms with E-state index in [0.29, 0.717) is 9.93 Å². The molecule has 1 aromatic heterocycles. The van der Waals surface area contributed by atoms with Gasteiger partial charge in [0.05, 0.1) is 4.91 Å². The summed E-state index contributed by atoms with van der Waals surface area (Å²) in [6.45, 7) is 3.98. The Morgan fingerprint density at radius 2 is 1.91 bits per heavy atom. The van der Waals surface area contributed by atoms with Crippen LogP contribution in [0.1, 0.15) is 17.0 Å². The van der Waals surface area contributed by atoms with Gasteiger partial charge in [0.25, 0.3) is 11.1 Å². The number of benzene rings is 1. The van der Waals surface area contributed by atoms with Gasteiger partial charge in [-0.1, -0.05) is 17.7 Å². The number of aromatic nitrogens is 1. The first-order valence-electron chi connectivity index (χ1n) is 7.05. The lowest BCUT2D eigenvalue weighted by atomic mass is 10.2. The lowest BCUT2D eigenvalue weighted by molar-refractivity contribution is -0.121. The zero-order valence-corrected chi connectivity index (χ0v) is 14.5. The van der Waals surface area contributed by atoms with Gasteiger partial charge in [-0.05, 0) is 61.5 Å². The van der Waals surface area contributed by atoms with Crippen LogP contribution in [0.3, 0.4) is 0 Å². The normalized spacial score (nSPS) is 16.7. The molecule has 0 N–H and O–H groups in total. The number of halogens is 1. The Kier molecular flexibility index (Phi) is 4.08. The predicted octanol–water partition coefficient (Wildman–Crippen LogP) is 4.41. The van der Waals surface area contributed by atoms with Gasteiger partial charge in [-0.15, -0.1) is 0 Å². The summed E-state index contributed by atoms with van der Waals surface area (Å²) in [6.07, 6.45) is 1.78. The number of nitrogens with zero attached hydrogens (tertiary/aromatic N) is 2. The minimum Gasteiger partial charge on any atom is -0.318 e. The highest BCUT2D eigenvalue weighted by molar-refractivity contribution is 8.18. The number of rotatable bonds is 2. The maximum Gasteiger partial charge on any atom is 0.293 e. The molecule has 0 atom stereocenters. The molecule has 1 aromatic carbocycles. The number of hydrogen-bond acceptors (Lipinski definition) is 3. The van der Waals surface area contributed by atoms with E-state index in [4.69, 9.17) is 11.6 Å². The fraction of sp³-hybridized carbons (Fsp3) is 0.176. The van der Waals surface area contributed by atoms with E-state index in [1.807, 2.05) is 44.2 Å². The number of thioether (sulfide) groups is 1. The van der Waals surface area contributed by atoms with E-state index in [1.54, 1.807) is 6.08 Å². The van der Waals surface area contributed by atoms with Crippen molar-refractivity contribution in [1.29, 1.82) is 0 Å². The molecule has 0 radical (unpaired) electrons. The largest absolute Gasteiger partial charge is 0.318 e. The number of likely N-dealkylation sites (N-methyl/N-ethyl adjacent to an activating group) is 1. The van der Waals surface area contributed by atoms with Crippen molar-refractivity contribution < 1.29 is 9.59 Å². The van der Waals surface area contributed by atoms with Crippen LogP contribution in [0.4, 0.5) is 4.79 Å². The fourth-order valence-corrected chi connectivity index (χ4v) is 3.64. The first-order valence-corrected chi connectivity index (χ1v) is 8.24. The van der Waals surface area contributed by atoms with Crippen LogP contribution in [0.5, 0.6) is 0 Å². The van der Waals surface area contributed by atoms with Crippen molar-refractivity contribution in [2.75, 3.05) is 7.05 Å². The van der Waals surface area contributed by atoms with Crippen molar-refractivity contribution in [1.82, 2.24) is 9.47 Å². The third-order valence-electron chi connectivity index (χ3n) is 3.81. The number of carbonyl (C=O) groups excluding carboxylic acids is 2. The van der Waals surface area contributed by atoms with E-state index in [-0.39, 0.29) is 11.1 Å². The summed E-state index contributed by atoms with van der Waals surface area (Å²) in [4.78, 5) is 25.2. The fourth-order valence-electron chi connectivity index (χ4n) is 2.63. The molecule has 0 aliphatic carbocycles. The van der Waals surface area contributed by atoms with Gasteiger partial charge in [0.1, 0.15) is 0 Å². The maximum absolute atomic E-state index is 12.0. The molecule has 0 bridgehead atoms. The van der Waals surface area contributed by atoms with Gasteiger partial charge in [0.2, 0.25) is 0 Å². The first-order chi connectivity index (χ1) is 10.9. The Balaban J connectivity index is 2.06. The van der Waals surface area contributed by atoms with Gasteiger partial charge in [0.15, 0.2) is 0 Å². The smallest absolute Gasteiger partial charge is 0.293 e. The zero-order chi connectivity index (χ0) is 16.7. The molecule has 2 heterocycles. The Hall–Kier alpha value is -1.98. The molecule has 4 nitrogen and oxygen atoms in total. The molecule has 2 amide bonds. The number of amides is 2.